The van der Waals surface area contributed by atoms with Crippen LogP contribution in [-0.2, 0) is 0 Å². The van der Waals surface area contributed by atoms with E-state index in [1.165, 1.54) is 84.0 Å². The molecule has 0 atom stereocenters. The van der Waals surface area contributed by atoms with Gasteiger partial charge in [0.2, 0.25) is 0 Å². The molecule has 0 aliphatic carbocycles. The second kappa shape index (κ2) is 9.07. The Morgan fingerprint density at radius 1 is 0.283 bits per heavy atom. The van der Waals surface area contributed by atoms with Crippen LogP contribution in [0.4, 0.5) is 0 Å². The molecule has 46 heavy (non-hydrogen) atoms. The van der Waals surface area contributed by atoms with Gasteiger partial charge in [0.1, 0.15) is 0 Å². The van der Waals surface area contributed by atoms with Gasteiger partial charge in [0.05, 0.1) is 22.1 Å². The van der Waals surface area contributed by atoms with E-state index in [0.717, 1.165) is 11.4 Å². The topological polar surface area (TPSA) is 9.86 Å². The predicted octanol–water partition coefficient (Wildman–Crippen LogP) is 12.6. The molecule has 0 unspecified atom stereocenters. The van der Waals surface area contributed by atoms with Gasteiger partial charge in [0.25, 0.3) is 0 Å². The highest BCUT2D eigenvalue weighted by Gasteiger charge is 2.18. The van der Waals surface area contributed by atoms with Gasteiger partial charge < -0.3 is 9.13 Å². The molecule has 11 aromatic rings. The van der Waals surface area contributed by atoms with E-state index >= 15 is 0 Å². The van der Waals surface area contributed by atoms with Crippen molar-refractivity contribution in [2.75, 3.05) is 0 Å². The van der Waals surface area contributed by atoms with Crippen LogP contribution in [0.3, 0.4) is 0 Å². The average Bonchev–Trinajstić information content (AvgIpc) is 3.83. The van der Waals surface area contributed by atoms with E-state index in [1.807, 2.05) is 22.7 Å². The zero-order valence-corrected chi connectivity index (χ0v) is 26.2. The Hall–Kier alpha value is -5.42. The number of fused-ring (bicyclic) bond motifs is 12. The monoisotopic (exact) mass is 620 g/mol. The molecule has 0 N–H and O–H groups in total. The third-order valence-electron chi connectivity index (χ3n) is 9.69. The van der Waals surface area contributed by atoms with Gasteiger partial charge in [-0.2, -0.15) is 0 Å². The fraction of sp³-hybridized carbons (Fsp3) is 0. The number of rotatable bonds is 2. The van der Waals surface area contributed by atoms with Crippen molar-refractivity contribution in [2.24, 2.45) is 0 Å². The van der Waals surface area contributed by atoms with Gasteiger partial charge in [-0.05, 0) is 66.7 Å². The van der Waals surface area contributed by atoms with Crippen LogP contribution in [0.5, 0.6) is 0 Å². The third kappa shape index (κ3) is 3.30. The lowest BCUT2D eigenvalue weighted by Gasteiger charge is -2.13. The normalized spacial score (nSPS) is 12.3. The van der Waals surface area contributed by atoms with Crippen molar-refractivity contribution in [3.8, 4) is 11.4 Å². The summed E-state index contributed by atoms with van der Waals surface area (Å²) in [5, 5.41) is 10.5. The largest absolute Gasteiger partial charge is 0.309 e. The number of hydrogen-bond acceptors (Lipinski definition) is 2. The van der Waals surface area contributed by atoms with E-state index in [4.69, 9.17) is 0 Å². The number of aromatic nitrogens is 2. The number of thiophene rings is 2. The van der Waals surface area contributed by atoms with Gasteiger partial charge in [-0.1, -0.05) is 78.9 Å². The lowest BCUT2D eigenvalue weighted by molar-refractivity contribution is 1.14. The summed E-state index contributed by atoms with van der Waals surface area (Å²) in [4.78, 5) is 0. The zero-order chi connectivity index (χ0) is 29.9. The maximum Gasteiger partial charge on any atom is 0.0548 e. The van der Waals surface area contributed by atoms with E-state index in [-0.39, 0.29) is 0 Å². The summed E-state index contributed by atoms with van der Waals surface area (Å²) in [5.41, 5.74) is 7.26. The Bertz CT molecular complexity index is 2840. The minimum atomic E-state index is 1.16. The smallest absolute Gasteiger partial charge is 0.0548 e. The van der Waals surface area contributed by atoms with E-state index in [9.17, 15) is 0 Å². The molecule has 4 heteroatoms. The second-order valence-electron chi connectivity index (χ2n) is 12.2. The van der Waals surface area contributed by atoms with Gasteiger partial charge in [-0.15, -0.1) is 22.7 Å². The van der Waals surface area contributed by atoms with E-state index in [1.54, 1.807) is 0 Å². The van der Waals surface area contributed by atoms with Crippen molar-refractivity contribution in [3.63, 3.8) is 0 Å². The summed E-state index contributed by atoms with van der Waals surface area (Å²) in [7, 11) is 0. The fourth-order valence-electron chi connectivity index (χ4n) is 7.70. The summed E-state index contributed by atoms with van der Waals surface area (Å²) < 4.78 is 10.3. The maximum absolute atomic E-state index is 2.46. The molecule has 0 saturated heterocycles. The first-order valence-electron chi connectivity index (χ1n) is 15.6. The Balaban J connectivity index is 1.21. The lowest BCUT2D eigenvalue weighted by Crippen LogP contribution is -1.98. The van der Waals surface area contributed by atoms with Crippen LogP contribution < -0.4 is 0 Å². The Kier molecular flexibility index (Phi) is 4.90. The number of para-hydroxylation sites is 2. The van der Waals surface area contributed by atoms with Crippen LogP contribution >= 0.6 is 22.7 Å². The molecule has 214 valence electrons. The van der Waals surface area contributed by atoms with Crippen LogP contribution in [-0.4, -0.2) is 9.13 Å². The Morgan fingerprint density at radius 3 is 1.22 bits per heavy atom. The molecule has 2 nitrogen and oxygen atoms in total. The third-order valence-corrected chi connectivity index (χ3v) is 12.0. The summed E-state index contributed by atoms with van der Waals surface area (Å²) >= 11 is 3.77. The summed E-state index contributed by atoms with van der Waals surface area (Å²) in [6.45, 7) is 0. The quantitative estimate of drug-likeness (QED) is 0.182. The highest BCUT2D eigenvalue weighted by molar-refractivity contribution is 7.26. The summed E-state index contributed by atoms with van der Waals surface area (Å²) in [6.07, 6.45) is 0. The molecule has 4 aromatic heterocycles. The molecular formula is C42H24N2S2. The average molecular weight is 621 g/mol. The summed E-state index contributed by atoms with van der Waals surface area (Å²) in [6, 6.07) is 53.9. The van der Waals surface area contributed by atoms with Crippen LogP contribution in [0.2, 0.25) is 0 Å². The SMILES string of the molecule is c1cc(-n2c3ccccc3c3cc4sc5ccccc5c4cc32)cc(-n2c3ccccc3c3cc4sc5ccccc5c4cc32)c1. The zero-order valence-electron chi connectivity index (χ0n) is 24.6. The molecule has 0 aliphatic rings. The molecule has 0 bridgehead atoms. The van der Waals surface area contributed by atoms with Crippen LogP contribution in [0.25, 0.3) is 95.3 Å². The van der Waals surface area contributed by atoms with Crippen LogP contribution in [0, 0.1) is 0 Å². The van der Waals surface area contributed by atoms with Crippen molar-refractivity contribution in [1.29, 1.82) is 0 Å². The van der Waals surface area contributed by atoms with E-state index in [0.29, 0.717) is 0 Å². The van der Waals surface area contributed by atoms with Gasteiger partial charge in [-0.3, -0.25) is 0 Å². The molecule has 0 spiro atoms. The Morgan fingerprint density at radius 2 is 0.717 bits per heavy atom. The molecule has 0 saturated carbocycles. The first kappa shape index (κ1) is 24.8. The Labute approximate surface area is 271 Å². The molecule has 0 amide bonds. The fourth-order valence-corrected chi connectivity index (χ4v) is 9.96. The lowest BCUT2D eigenvalue weighted by atomic mass is 10.1. The van der Waals surface area contributed by atoms with Crippen molar-refractivity contribution in [1.82, 2.24) is 9.13 Å². The van der Waals surface area contributed by atoms with Crippen molar-refractivity contribution in [2.45, 2.75) is 0 Å². The highest BCUT2D eigenvalue weighted by atomic mass is 32.1. The van der Waals surface area contributed by atoms with Crippen LogP contribution in [0.15, 0.2) is 146 Å². The van der Waals surface area contributed by atoms with Crippen molar-refractivity contribution < 1.29 is 0 Å². The minimum absolute atomic E-state index is 1.16. The number of nitrogens with zero attached hydrogens (tertiary/aromatic N) is 2. The van der Waals surface area contributed by atoms with Crippen molar-refractivity contribution >= 4 is 107 Å². The molecule has 0 radical (unpaired) electrons. The van der Waals surface area contributed by atoms with Crippen molar-refractivity contribution in [3.05, 3.63) is 146 Å². The highest BCUT2D eigenvalue weighted by Crippen LogP contribution is 2.43. The molecule has 7 aromatic carbocycles. The van der Waals surface area contributed by atoms with Gasteiger partial charge in [0, 0.05) is 73.3 Å². The molecule has 4 heterocycles. The summed E-state index contributed by atoms with van der Waals surface area (Å²) in [5.74, 6) is 0. The van der Waals surface area contributed by atoms with Crippen LogP contribution in [0.1, 0.15) is 0 Å². The first-order valence-corrected chi connectivity index (χ1v) is 17.2. The standard InChI is InChI=1S/C42H24N2S2/c1-5-16-35-27(12-1)31-23-41-33(29-14-3-7-18-39(29)45-41)21-37(31)43(35)25-10-9-11-26(20-25)44-36-17-6-2-13-28(36)32-24-42-34(22-38(32)44)30-15-4-8-19-40(30)46-42/h1-24H. The molecular weight excluding hydrogens is 597 g/mol. The van der Waals surface area contributed by atoms with Gasteiger partial charge in [-0.25, -0.2) is 0 Å². The first-order chi connectivity index (χ1) is 22.8. The number of benzene rings is 7. The van der Waals surface area contributed by atoms with Gasteiger partial charge >= 0.3 is 0 Å². The van der Waals surface area contributed by atoms with E-state index < -0.39 is 0 Å². The predicted molar refractivity (Wildman–Crippen MR) is 201 cm³/mol. The molecule has 0 fully saturated rings. The van der Waals surface area contributed by atoms with Gasteiger partial charge in [0.15, 0.2) is 0 Å². The maximum atomic E-state index is 2.46. The molecule has 0 aliphatic heterocycles. The van der Waals surface area contributed by atoms with E-state index in [2.05, 4.69) is 155 Å². The number of hydrogen-bond donors (Lipinski definition) is 0. The minimum Gasteiger partial charge on any atom is -0.309 e. The second-order valence-corrected chi connectivity index (χ2v) is 14.3. The molecule has 11 rings (SSSR count).